The van der Waals surface area contributed by atoms with Crippen LogP contribution < -0.4 is 27.5 Å². The highest BCUT2D eigenvalue weighted by molar-refractivity contribution is 6.05. The Morgan fingerprint density at radius 1 is 1.18 bits per heavy atom. The van der Waals surface area contributed by atoms with Gasteiger partial charge in [0, 0.05) is 12.3 Å². The van der Waals surface area contributed by atoms with Crippen molar-refractivity contribution in [1.82, 2.24) is 9.97 Å². The van der Waals surface area contributed by atoms with Gasteiger partial charge in [0.15, 0.2) is 0 Å². The van der Waals surface area contributed by atoms with E-state index in [2.05, 4.69) is 9.97 Å². The summed E-state index contributed by atoms with van der Waals surface area (Å²) in [5.41, 5.74) is 9.76. The Labute approximate surface area is 121 Å². The highest BCUT2D eigenvalue weighted by Crippen LogP contribution is 2.14. The van der Waals surface area contributed by atoms with Gasteiger partial charge in [-0.1, -0.05) is 0 Å². The molecule has 22 heavy (non-hydrogen) atoms. The molecule has 0 saturated carbocycles. The molecule has 1 amide bonds. The van der Waals surface area contributed by atoms with Gasteiger partial charge < -0.3 is 21.6 Å². The highest BCUT2D eigenvalue weighted by Gasteiger charge is 2.14. The number of carbonyl (C=O) groups is 1. The number of aromatic amines is 1. The van der Waals surface area contributed by atoms with Crippen molar-refractivity contribution in [3.05, 3.63) is 49.4 Å². The standard InChI is InChI=1S/C14H10N4O4/c15-4-6-8(20)3-9(21)13-11(6)18-12-7(19)2-1-5(14(16)22)10(12)17-13/h1-4,17,20H,15H2,(H2,16,22). The number of fused-ring (bicyclic) bond motifs is 2. The molecule has 3 rings (SSSR count). The summed E-state index contributed by atoms with van der Waals surface area (Å²) in [6.07, 6.45) is 1.08. The molecule has 0 aliphatic rings. The summed E-state index contributed by atoms with van der Waals surface area (Å²) >= 11 is 0. The minimum atomic E-state index is -0.765. The summed E-state index contributed by atoms with van der Waals surface area (Å²) in [6.45, 7) is 0. The first kappa shape index (κ1) is 13.6. The topological polar surface area (TPSA) is 152 Å². The highest BCUT2D eigenvalue weighted by atomic mass is 16.3. The molecule has 0 radical (unpaired) electrons. The number of rotatable bonds is 1. The lowest BCUT2D eigenvalue weighted by molar-refractivity contribution is 0.100. The second kappa shape index (κ2) is 4.55. The number of amides is 1. The van der Waals surface area contributed by atoms with Crippen LogP contribution in [0.5, 0.6) is 5.75 Å². The molecule has 110 valence electrons. The van der Waals surface area contributed by atoms with Crippen LogP contribution in [0.4, 0.5) is 0 Å². The monoisotopic (exact) mass is 298 g/mol. The van der Waals surface area contributed by atoms with Crippen LogP contribution in [-0.4, -0.2) is 21.0 Å². The second-order valence-corrected chi connectivity index (χ2v) is 4.63. The molecule has 0 fully saturated rings. The fraction of sp³-hybridized carbons (Fsp3) is 0. The van der Waals surface area contributed by atoms with Gasteiger partial charge in [-0.3, -0.25) is 14.4 Å². The number of nitrogens with zero attached hydrogens (tertiary/aromatic N) is 1. The van der Waals surface area contributed by atoms with Gasteiger partial charge in [-0.25, -0.2) is 4.98 Å². The van der Waals surface area contributed by atoms with Crippen LogP contribution in [0.25, 0.3) is 28.3 Å². The molecular formula is C14H10N4O4. The van der Waals surface area contributed by atoms with E-state index in [4.69, 9.17) is 11.5 Å². The Morgan fingerprint density at radius 2 is 1.91 bits per heavy atom. The first-order valence-electron chi connectivity index (χ1n) is 6.18. The third-order valence-corrected chi connectivity index (χ3v) is 3.33. The van der Waals surface area contributed by atoms with Crippen molar-refractivity contribution in [3.63, 3.8) is 0 Å². The molecule has 8 heteroatoms. The number of hydrogen-bond acceptors (Lipinski definition) is 6. The van der Waals surface area contributed by atoms with E-state index in [0.29, 0.717) is 0 Å². The molecule has 0 aliphatic heterocycles. The van der Waals surface area contributed by atoms with Gasteiger partial charge in [0.25, 0.3) is 5.91 Å². The molecule has 0 spiro atoms. The van der Waals surface area contributed by atoms with Crippen molar-refractivity contribution in [2.75, 3.05) is 0 Å². The Morgan fingerprint density at radius 3 is 2.55 bits per heavy atom. The molecule has 0 atom stereocenters. The fourth-order valence-corrected chi connectivity index (χ4v) is 2.30. The van der Waals surface area contributed by atoms with Crippen LogP contribution >= 0.6 is 0 Å². The molecule has 6 N–H and O–H groups in total. The van der Waals surface area contributed by atoms with Gasteiger partial charge in [-0.05, 0) is 12.1 Å². The Hall–Kier alpha value is -3.42. The zero-order chi connectivity index (χ0) is 16.0. The minimum Gasteiger partial charge on any atom is -0.507 e. The van der Waals surface area contributed by atoms with E-state index < -0.39 is 16.8 Å². The molecule has 0 aliphatic carbocycles. The van der Waals surface area contributed by atoms with Crippen molar-refractivity contribution in [3.8, 4) is 5.75 Å². The number of phenols is 1. The van der Waals surface area contributed by atoms with Crippen LogP contribution in [0.1, 0.15) is 10.4 Å². The lowest BCUT2D eigenvalue weighted by Crippen LogP contribution is -2.20. The van der Waals surface area contributed by atoms with Crippen LogP contribution in [0, 0.1) is 0 Å². The van der Waals surface area contributed by atoms with Gasteiger partial charge in [-0.2, -0.15) is 0 Å². The van der Waals surface area contributed by atoms with Gasteiger partial charge in [-0.15, -0.1) is 0 Å². The minimum absolute atomic E-state index is 0.00935. The SMILES string of the molecule is NC=c1c(O)cc(=O)c2[nH]c3c(C(N)=O)ccc(=O)c3nc12. The number of phenolic OH excluding ortho intramolecular Hbond substituents is 1. The Balaban J connectivity index is 2.69. The summed E-state index contributed by atoms with van der Waals surface area (Å²) < 4.78 is 0. The molecule has 8 nitrogen and oxygen atoms in total. The number of nitrogens with one attached hydrogen (secondary N) is 1. The van der Waals surface area contributed by atoms with E-state index in [-0.39, 0.29) is 38.6 Å². The van der Waals surface area contributed by atoms with Gasteiger partial charge >= 0.3 is 0 Å². The number of H-pyrrole nitrogens is 1. The molecule has 2 aromatic carbocycles. The van der Waals surface area contributed by atoms with Crippen LogP contribution in [0.15, 0.2) is 27.8 Å². The fourth-order valence-electron chi connectivity index (χ4n) is 2.30. The van der Waals surface area contributed by atoms with Gasteiger partial charge in [0.2, 0.25) is 10.9 Å². The maximum atomic E-state index is 12.0. The zero-order valence-corrected chi connectivity index (χ0v) is 11.1. The lowest BCUT2D eigenvalue weighted by atomic mass is 10.1. The van der Waals surface area contributed by atoms with Crippen molar-refractivity contribution >= 4 is 34.2 Å². The van der Waals surface area contributed by atoms with E-state index in [9.17, 15) is 19.5 Å². The molecule has 3 aromatic rings. The molecule has 0 unspecified atom stereocenters. The lowest BCUT2D eigenvalue weighted by Gasteiger charge is -2.06. The zero-order valence-electron chi connectivity index (χ0n) is 11.1. The number of carbonyl (C=O) groups excluding carboxylic acids is 1. The van der Waals surface area contributed by atoms with Crippen molar-refractivity contribution in [1.29, 1.82) is 0 Å². The molecule has 1 heterocycles. The van der Waals surface area contributed by atoms with Crippen LogP contribution in [-0.2, 0) is 0 Å². The van der Waals surface area contributed by atoms with Crippen LogP contribution in [0.3, 0.4) is 0 Å². The molecular weight excluding hydrogens is 288 g/mol. The number of hydrogen-bond donors (Lipinski definition) is 4. The van der Waals surface area contributed by atoms with E-state index in [1.54, 1.807) is 0 Å². The number of aromatic nitrogens is 2. The van der Waals surface area contributed by atoms with E-state index in [1.165, 1.54) is 6.07 Å². The van der Waals surface area contributed by atoms with Crippen molar-refractivity contribution in [2.45, 2.75) is 0 Å². The Bertz CT molecular complexity index is 1120. The third kappa shape index (κ3) is 1.78. The second-order valence-electron chi connectivity index (χ2n) is 4.63. The largest absolute Gasteiger partial charge is 0.507 e. The van der Waals surface area contributed by atoms with Gasteiger partial charge in [0.05, 0.1) is 16.3 Å². The smallest absolute Gasteiger partial charge is 0.250 e. The molecule has 0 saturated heterocycles. The summed E-state index contributed by atoms with van der Waals surface area (Å²) in [6, 6.07) is 3.38. The first-order chi connectivity index (χ1) is 10.4. The van der Waals surface area contributed by atoms with E-state index in [1.807, 2.05) is 0 Å². The van der Waals surface area contributed by atoms with Gasteiger partial charge in [0.1, 0.15) is 22.3 Å². The van der Waals surface area contributed by atoms with Crippen LogP contribution in [0.2, 0.25) is 0 Å². The first-order valence-corrected chi connectivity index (χ1v) is 6.18. The maximum absolute atomic E-state index is 12.0. The van der Waals surface area contributed by atoms with E-state index >= 15 is 0 Å². The Kier molecular flexibility index (Phi) is 2.81. The molecule has 0 bridgehead atoms. The average molecular weight is 298 g/mol. The number of aromatic hydroxyl groups is 1. The van der Waals surface area contributed by atoms with Crippen molar-refractivity contribution < 1.29 is 9.90 Å². The predicted molar refractivity (Wildman–Crippen MR) is 80.2 cm³/mol. The summed E-state index contributed by atoms with van der Waals surface area (Å²) in [4.78, 5) is 42.2. The van der Waals surface area contributed by atoms with E-state index in [0.717, 1.165) is 18.3 Å². The average Bonchev–Trinajstić information content (AvgIpc) is 2.46. The molecule has 1 aromatic heterocycles. The quantitative estimate of drug-likeness (QED) is 0.408. The van der Waals surface area contributed by atoms with Crippen molar-refractivity contribution in [2.24, 2.45) is 11.5 Å². The summed E-state index contributed by atoms with van der Waals surface area (Å²) in [5, 5.41) is 9.86. The maximum Gasteiger partial charge on any atom is 0.250 e. The number of primary amides is 1. The normalized spacial score (nSPS) is 12.1. The summed E-state index contributed by atoms with van der Waals surface area (Å²) in [5.74, 6) is -1.11. The number of benzene rings is 2. The summed E-state index contributed by atoms with van der Waals surface area (Å²) in [7, 11) is 0. The predicted octanol–water partition coefficient (Wildman–Crippen LogP) is -1.34. The number of nitrogens with two attached hydrogens (primary N) is 2. The third-order valence-electron chi connectivity index (χ3n) is 3.33.